The van der Waals surface area contributed by atoms with E-state index in [-0.39, 0.29) is 9.70 Å². The average Bonchev–Trinajstić information content (AvgIpc) is 2.93. The summed E-state index contributed by atoms with van der Waals surface area (Å²) in [5.74, 6) is -0.413. The summed E-state index contributed by atoms with van der Waals surface area (Å²) in [6.45, 7) is 4.93. The van der Waals surface area contributed by atoms with Gasteiger partial charge >= 0.3 is 0 Å². The van der Waals surface area contributed by atoms with Gasteiger partial charge in [0.25, 0.3) is 10.0 Å². The molecule has 0 aliphatic rings. The maximum atomic E-state index is 14.3. The molecule has 138 valence electrons. The van der Waals surface area contributed by atoms with Crippen molar-refractivity contribution in [3.8, 4) is 0 Å². The van der Waals surface area contributed by atoms with Gasteiger partial charge in [0, 0.05) is 13.2 Å². The number of halogens is 1. The number of rotatable bonds is 6. The van der Waals surface area contributed by atoms with E-state index >= 15 is 0 Å². The molecule has 0 radical (unpaired) electrons. The lowest BCUT2D eigenvalue weighted by molar-refractivity contribution is 0.139. The minimum absolute atomic E-state index is 0.109. The second-order valence-corrected chi connectivity index (χ2v) is 8.31. The van der Waals surface area contributed by atoms with Gasteiger partial charge in [0.05, 0.1) is 21.7 Å². The van der Waals surface area contributed by atoms with E-state index in [1.165, 1.54) is 18.2 Å². The van der Waals surface area contributed by atoms with E-state index in [1.807, 2.05) is 13.8 Å². The van der Waals surface area contributed by atoms with Crippen molar-refractivity contribution in [3.05, 3.63) is 58.6 Å². The number of ether oxygens (including phenoxy) is 1. The van der Waals surface area contributed by atoms with Crippen LogP contribution in [0.1, 0.15) is 12.5 Å². The van der Waals surface area contributed by atoms with E-state index in [4.69, 9.17) is 4.74 Å². The van der Waals surface area contributed by atoms with Crippen LogP contribution in [0, 0.1) is 12.7 Å². The standard InChI is InChI=1S/C18H19FN2O3S2/c1-3-24-12-11-21-17-15(19)5-4-6-16(17)25-18(21)20-26(22,23)14-9-7-13(2)8-10-14/h4-10H,3,11-12H2,1-2H3. The monoisotopic (exact) mass is 394 g/mol. The predicted octanol–water partition coefficient (Wildman–Crippen LogP) is 3.48. The summed E-state index contributed by atoms with van der Waals surface area (Å²) >= 11 is 1.14. The predicted molar refractivity (Wildman–Crippen MR) is 100 cm³/mol. The highest BCUT2D eigenvalue weighted by Crippen LogP contribution is 2.21. The Morgan fingerprint density at radius 2 is 1.92 bits per heavy atom. The van der Waals surface area contributed by atoms with E-state index in [0.29, 0.717) is 30.0 Å². The Kier molecular flexibility index (Phi) is 5.55. The first kappa shape index (κ1) is 18.8. The largest absolute Gasteiger partial charge is 0.380 e. The Morgan fingerprint density at radius 1 is 1.19 bits per heavy atom. The van der Waals surface area contributed by atoms with Gasteiger partial charge in [0.2, 0.25) is 4.80 Å². The molecule has 1 aromatic heterocycles. The Labute approximate surface area is 155 Å². The van der Waals surface area contributed by atoms with Gasteiger partial charge in [-0.25, -0.2) is 4.39 Å². The molecule has 3 aromatic rings. The minimum atomic E-state index is -3.89. The first-order valence-corrected chi connectivity index (χ1v) is 10.4. The quantitative estimate of drug-likeness (QED) is 0.602. The van der Waals surface area contributed by atoms with Crippen LogP contribution in [-0.4, -0.2) is 26.2 Å². The third-order valence-electron chi connectivity index (χ3n) is 3.83. The van der Waals surface area contributed by atoms with Crippen molar-refractivity contribution in [1.82, 2.24) is 4.57 Å². The lowest BCUT2D eigenvalue weighted by Gasteiger charge is -2.06. The van der Waals surface area contributed by atoms with Crippen molar-refractivity contribution in [2.75, 3.05) is 13.2 Å². The van der Waals surface area contributed by atoms with Crippen LogP contribution < -0.4 is 4.80 Å². The Morgan fingerprint density at radius 3 is 2.62 bits per heavy atom. The number of sulfonamides is 1. The van der Waals surface area contributed by atoms with Crippen LogP contribution in [0.4, 0.5) is 4.39 Å². The molecule has 0 saturated heterocycles. The maximum absolute atomic E-state index is 14.3. The number of benzene rings is 2. The van der Waals surface area contributed by atoms with Gasteiger partial charge < -0.3 is 9.30 Å². The van der Waals surface area contributed by atoms with Crippen molar-refractivity contribution >= 4 is 31.6 Å². The van der Waals surface area contributed by atoms with Crippen LogP contribution in [0.5, 0.6) is 0 Å². The summed E-state index contributed by atoms with van der Waals surface area (Å²) in [6.07, 6.45) is 0. The summed E-state index contributed by atoms with van der Waals surface area (Å²) in [6, 6.07) is 11.2. The topological polar surface area (TPSA) is 60.7 Å². The second-order valence-electron chi connectivity index (χ2n) is 5.70. The number of para-hydroxylation sites is 1. The van der Waals surface area contributed by atoms with Gasteiger partial charge in [-0.15, -0.1) is 4.40 Å². The van der Waals surface area contributed by atoms with E-state index in [9.17, 15) is 12.8 Å². The first-order chi connectivity index (χ1) is 12.4. The third-order valence-corrected chi connectivity index (χ3v) is 6.27. The van der Waals surface area contributed by atoms with Gasteiger partial charge in [-0.1, -0.05) is 35.1 Å². The number of fused-ring (bicyclic) bond motifs is 1. The molecule has 0 unspecified atom stereocenters. The van der Waals surface area contributed by atoms with Crippen LogP contribution in [-0.2, 0) is 21.3 Å². The minimum Gasteiger partial charge on any atom is -0.380 e. The fraction of sp³-hybridized carbons (Fsp3) is 0.278. The molecule has 0 bridgehead atoms. The van der Waals surface area contributed by atoms with Crippen molar-refractivity contribution in [3.63, 3.8) is 0 Å². The lowest BCUT2D eigenvalue weighted by Crippen LogP contribution is -2.20. The van der Waals surface area contributed by atoms with E-state index in [2.05, 4.69) is 4.40 Å². The fourth-order valence-corrected chi connectivity index (χ4v) is 4.80. The van der Waals surface area contributed by atoms with Gasteiger partial charge in [-0.05, 0) is 38.1 Å². The molecule has 0 N–H and O–H groups in total. The molecule has 26 heavy (non-hydrogen) atoms. The van der Waals surface area contributed by atoms with Crippen LogP contribution >= 0.6 is 11.3 Å². The smallest absolute Gasteiger partial charge is 0.285 e. The van der Waals surface area contributed by atoms with Crippen LogP contribution in [0.2, 0.25) is 0 Å². The Balaban J connectivity index is 2.16. The third kappa shape index (κ3) is 3.87. The zero-order valence-corrected chi connectivity index (χ0v) is 16.1. The van der Waals surface area contributed by atoms with Crippen LogP contribution in [0.3, 0.4) is 0 Å². The molecular weight excluding hydrogens is 375 g/mol. The number of hydrogen-bond acceptors (Lipinski definition) is 4. The molecule has 0 atom stereocenters. The van der Waals surface area contributed by atoms with E-state index < -0.39 is 15.8 Å². The first-order valence-electron chi connectivity index (χ1n) is 8.15. The number of thiazole rings is 1. The normalized spacial score (nSPS) is 12.8. The molecule has 8 heteroatoms. The fourth-order valence-electron chi connectivity index (χ4n) is 2.53. The number of hydrogen-bond donors (Lipinski definition) is 0. The molecule has 2 aromatic carbocycles. The van der Waals surface area contributed by atoms with Gasteiger partial charge in [-0.3, -0.25) is 0 Å². The van der Waals surface area contributed by atoms with Crippen LogP contribution in [0.15, 0.2) is 51.8 Å². The van der Waals surface area contributed by atoms with Crippen molar-refractivity contribution < 1.29 is 17.5 Å². The Bertz CT molecular complexity index is 1080. The molecule has 0 aliphatic carbocycles. The van der Waals surface area contributed by atoms with Crippen molar-refractivity contribution in [2.24, 2.45) is 4.40 Å². The molecule has 0 aliphatic heterocycles. The molecule has 1 heterocycles. The summed E-state index contributed by atoms with van der Waals surface area (Å²) in [7, 11) is -3.89. The molecule has 0 fully saturated rings. The van der Waals surface area contributed by atoms with Crippen molar-refractivity contribution in [1.29, 1.82) is 0 Å². The summed E-state index contributed by atoms with van der Waals surface area (Å²) in [5, 5.41) is 0. The zero-order valence-electron chi connectivity index (χ0n) is 14.5. The molecule has 0 spiro atoms. The number of nitrogens with zero attached hydrogens (tertiary/aromatic N) is 2. The summed E-state index contributed by atoms with van der Waals surface area (Å²) in [4.78, 5) is 0.336. The zero-order chi connectivity index (χ0) is 18.7. The molecule has 0 saturated carbocycles. The van der Waals surface area contributed by atoms with E-state index in [0.717, 1.165) is 16.9 Å². The SMILES string of the molecule is CCOCCn1c(=NS(=O)(=O)c2ccc(C)cc2)sc2cccc(F)c21. The van der Waals surface area contributed by atoms with Gasteiger partial charge in [0.15, 0.2) is 0 Å². The lowest BCUT2D eigenvalue weighted by atomic mass is 10.2. The Hall–Kier alpha value is -2.03. The van der Waals surface area contributed by atoms with Crippen molar-refractivity contribution in [2.45, 2.75) is 25.3 Å². The van der Waals surface area contributed by atoms with E-state index in [1.54, 1.807) is 28.8 Å². The van der Waals surface area contributed by atoms with Gasteiger partial charge in [-0.2, -0.15) is 8.42 Å². The molecule has 3 rings (SSSR count). The van der Waals surface area contributed by atoms with Gasteiger partial charge in [0.1, 0.15) is 5.82 Å². The highest BCUT2D eigenvalue weighted by molar-refractivity contribution is 7.90. The molecule has 5 nitrogen and oxygen atoms in total. The second kappa shape index (κ2) is 7.69. The molecule has 0 amide bonds. The summed E-state index contributed by atoms with van der Waals surface area (Å²) < 4.78 is 51.2. The van der Waals surface area contributed by atoms with Crippen LogP contribution in [0.25, 0.3) is 10.2 Å². The maximum Gasteiger partial charge on any atom is 0.285 e. The highest BCUT2D eigenvalue weighted by Gasteiger charge is 2.16. The summed E-state index contributed by atoms with van der Waals surface area (Å²) in [5.41, 5.74) is 1.30. The highest BCUT2D eigenvalue weighted by atomic mass is 32.2. The number of aryl methyl sites for hydroxylation is 1. The average molecular weight is 394 g/mol. The number of aromatic nitrogens is 1. The molecular formula is C18H19FN2O3S2.